The van der Waals surface area contributed by atoms with Gasteiger partial charge in [0.05, 0.1) is 19.7 Å². The predicted molar refractivity (Wildman–Crippen MR) is 69.4 cm³/mol. The Morgan fingerprint density at radius 1 is 1.21 bits per heavy atom. The van der Waals surface area contributed by atoms with E-state index >= 15 is 0 Å². The monoisotopic (exact) mass is 263 g/mol. The van der Waals surface area contributed by atoms with Crippen LogP contribution in [0, 0.1) is 6.92 Å². The van der Waals surface area contributed by atoms with Gasteiger partial charge in [-0.2, -0.15) is 0 Å². The van der Waals surface area contributed by atoms with E-state index in [0.717, 1.165) is 0 Å². The summed E-state index contributed by atoms with van der Waals surface area (Å²) in [5.41, 5.74) is -0.181. The fraction of sp³-hybridized carbons (Fsp3) is 0.231. The Morgan fingerprint density at radius 2 is 1.79 bits per heavy atom. The maximum absolute atomic E-state index is 11.8. The van der Waals surface area contributed by atoms with Crippen LogP contribution in [0.25, 0.3) is 10.9 Å². The third-order valence-electron chi connectivity index (χ3n) is 3.00. The Kier molecular flexibility index (Phi) is 3.16. The molecular formula is C13H13NO5. The SMILES string of the molecule is COc1ccc(OC)c2c(C)c(C(=O)O)c(=O)[nH]c12. The molecule has 0 saturated heterocycles. The number of benzene rings is 1. The molecule has 0 radical (unpaired) electrons. The summed E-state index contributed by atoms with van der Waals surface area (Å²) in [6.07, 6.45) is 0. The Morgan fingerprint density at radius 3 is 2.32 bits per heavy atom. The Labute approximate surface area is 108 Å². The molecule has 6 heteroatoms. The maximum atomic E-state index is 11.8. The van der Waals surface area contributed by atoms with Crippen molar-refractivity contribution in [3.05, 3.63) is 33.6 Å². The molecule has 100 valence electrons. The predicted octanol–water partition coefficient (Wildman–Crippen LogP) is 1.55. The number of nitrogens with one attached hydrogen (secondary N) is 1. The van der Waals surface area contributed by atoms with Crippen molar-refractivity contribution in [2.24, 2.45) is 0 Å². The summed E-state index contributed by atoms with van der Waals surface area (Å²) in [5, 5.41) is 9.63. The molecule has 2 aromatic rings. The summed E-state index contributed by atoms with van der Waals surface area (Å²) in [6.45, 7) is 1.57. The van der Waals surface area contributed by atoms with Crippen LogP contribution in [0.2, 0.25) is 0 Å². The molecule has 19 heavy (non-hydrogen) atoms. The number of H-pyrrole nitrogens is 1. The van der Waals surface area contributed by atoms with E-state index in [1.165, 1.54) is 14.2 Å². The summed E-state index contributed by atoms with van der Waals surface area (Å²) >= 11 is 0. The van der Waals surface area contributed by atoms with Crippen LogP contribution < -0.4 is 15.0 Å². The van der Waals surface area contributed by atoms with Gasteiger partial charge in [-0.15, -0.1) is 0 Å². The number of aryl methyl sites for hydroxylation is 1. The lowest BCUT2D eigenvalue weighted by molar-refractivity contribution is 0.0694. The van der Waals surface area contributed by atoms with Crippen molar-refractivity contribution >= 4 is 16.9 Å². The molecule has 0 saturated carbocycles. The largest absolute Gasteiger partial charge is 0.496 e. The second kappa shape index (κ2) is 4.64. The molecule has 1 heterocycles. The van der Waals surface area contributed by atoms with Crippen LogP contribution in [0.4, 0.5) is 0 Å². The summed E-state index contributed by atoms with van der Waals surface area (Å²) in [5.74, 6) is -0.342. The van der Waals surface area contributed by atoms with E-state index < -0.39 is 11.5 Å². The minimum absolute atomic E-state index is 0.293. The van der Waals surface area contributed by atoms with Crippen molar-refractivity contribution in [1.29, 1.82) is 0 Å². The van der Waals surface area contributed by atoms with Gasteiger partial charge in [0.1, 0.15) is 17.1 Å². The molecular weight excluding hydrogens is 250 g/mol. The van der Waals surface area contributed by atoms with Gasteiger partial charge in [0, 0.05) is 5.39 Å². The van der Waals surface area contributed by atoms with Gasteiger partial charge >= 0.3 is 5.97 Å². The number of aromatic amines is 1. The summed E-state index contributed by atoms with van der Waals surface area (Å²) in [6, 6.07) is 3.31. The normalized spacial score (nSPS) is 10.5. The molecule has 6 nitrogen and oxygen atoms in total. The van der Waals surface area contributed by atoms with Gasteiger partial charge < -0.3 is 19.6 Å². The van der Waals surface area contributed by atoms with Crippen molar-refractivity contribution in [2.45, 2.75) is 6.92 Å². The fourth-order valence-electron chi connectivity index (χ4n) is 2.13. The van der Waals surface area contributed by atoms with Crippen LogP contribution in [-0.4, -0.2) is 30.3 Å². The first-order chi connectivity index (χ1) is 9.01. The van der Waals surface area contributed by atoms with Crippen LogP contribution in [0.3, 0.4) is 0 Å². The third-order valence-corrected chi connectivity index (χ3v) is 3.00. The zero-order valence-electron chi connectivity index (χ0n) is 10.7. The molecule has 1 aromatic heterocycles. The van der Waals surface area contributed by atoms with E-state index in [0.29, 0.717) is 28.0 Å². The molecule has 0 bridgehead atoms. The zero-order valence-corrected chi connectivity index (χ0v) is 10.7. The lowest BCUT2D eigenvalue weighted by Gasteiger charge is -2.12. The lowest BCUT2D eigenvalue weighted by Crippen LogP contribution is -2.20. The van der Waals surface area contributed by atoms with Crippen molar-refractivity contribution in [1.82, 2.24) is 4.98 Å². The number of fused-ring (bicyclic) bond motifs is 1. The van der Waals surface area contributed by atoms with Crippen molar-refractivity contribution in [3.63, 3.8) is 0 Å². The Bertz CT molecular complexity index is 717. The minimum atomic E-state index is -1.27. The van der Waals surface area contributed by atoms with E-state index in [1.807, 2.05) is 0 Å². The summed E-state index contributed by atoms with van der Waals surface area (Å²) < 4.78 is 10.4. The molecule has 0 atom stereocenters. The van der Waals surface area contributed by atoms with E-state index in [-0.39, 0.29) is 5.56 Å². The van der Waals surface area contributed by atoms with Crippen LogP contribution in [0.5, 0.6) is 11.5 Å². The minimum Gasteiger partial charge on any atom is -0.496 e. The number of methoxy groups -OCH3 is 2. The van der Waals surface area contributed by atoms with Gasteiger partial charge in [-0.3, -0.25) is 4.79 Å². The van der Waals surface area contributed by atoms with Crippen molar-refractivity contribution in [3.8, 4) is 11.5 Å². The maximum Gasteiger partial charge on any atom is 0.341 e. The molecule has 0 spiro atoms. The number of carboxylic acids is 1. The molecule has 2 rings (SSSR count). The summed E-state index contributed by atoms with van der Waals surface area (Å²) in [7, 11) is 2.95. The number of pyridine rings is 1. The van der Waals surface area contributed by atoms with Crippen LogP contribution in [-0.2, 0) is 0 Å². The highest BCUT2D eigenvalue weighted by molar-refractivity contribution is 6.00. The highest BCUT2D eigenvalue weighted by atomic mass is 16.5. The van der Waals surface area contributed by atoms with Crippen LogP contribution in [0.15, 0.2) is 16.9 Å². The number of ether oxygens (including phenoxy) is 2. The van der Waals surface area contributed by atoms with Crippen molar-refractivity contribution in [2.75, 3.05) is 14.2 Å². The first kappa shape index (κ1) is 12.9. The van der Waals surface area contributed by atoms with E-state index in [1.54, 1.807) is 19.1 Å². The highest BCUT2D eigenvalue weighted by Crippen LogP contribution is 2.33. The topological polar surface area (TPSA) is 88.6 Å². The molecule has 0 aliphatic carbocycles. The first-order valence-electron chi connectivity index (χ1n) is 5.52. The van der Waals surface area contributed by atoms with Crippen LogP contribution >= 0.6 is 0 Å². The van der Waals surface area contributed by atoms with E-state index in [2.05, 4.69) is 4.98 Å². The smallest absolute Gasteiger partial charge is 0.341 e. The molecule has 0 fully saturated rings. The van der Waals surface area contributed by atoms with Gasteiger partial charge in [0.25, 0.3) is 5.56 Å². The van der Waals surface area contributed by atoms with E-state index in [4.69, 9.17) is 14.6 Å². The van der Waals surface area contributed by atoms with Gasteiger partial charge in [0.2, 0.25) is 0 Å². The average molecular weight is 263 g/mol. The number of carboxylic acid groups (broad SMARTS) is 1. The van der Waals surface area contributed by atoms with Gasteiger partial charge in [-0.1, -0.05) is 0 Å². The number of aromatic carboxylic acids is 1. The standard InChI is InChI=1S/C13H13NO5/c1-6-9-7(18-2)4-5-8(19-3)11(9)14-12(15)10(6)13(16)17/h4-5H,1-3H3,(H,14,15)(H,16,17). The number of aromatic nitrogens is 1. The molecule has 0 unspecified atom stereocenters. The van der Waals surface area contributed by atoms with Crippen LogP contribution in [0.1, 0.15) is 15.9 Å². The van der Waals surface area contributed by atoms with E-state index in [9.17, 15) is 9.59 Å². The molecule has 1 aromatic carbocycles. The number of rotatable bonds is 3. The third kappa shape index (κ3) is 1.91. The quantitative estimate of drug-likeness (QED) is 0.877. The second-order valence-electron chi connectivity index (χ2n) is 3.98. The lowest BCUT2D eigenvalue weighted by atomic mass is 10.0. The number of carbonyl (C=O) groups is 1. The first-order valence-corrected chi connectivity index (χ1v) is 5.52. The molecule has 2 N–H and O–H groups in total. The molecule has 0 aliphatic heterocycles. The summed E-state index contributed by atoms with van der Waals surface area (Å²) in [4.78, 5) is 25.5. The number of hydrogen-bond acceptors (Lipinski definition) is 4. The Hall–Kier alpha value is -2.50. The fourth-order valence-corrected chi connectivity index (χ4v) is 2.13. The number of hydrogen-bond donors (Lipinski definition) is 2. The average Bonchev–Trinajstić information content (AvgIpc) is 2.36. The second-order valence-corrected chi connectivity index (χ2v) is 3.98. The molecule has 0 aliphatic rings. The highest BCUT2D eigenvalue weighted by Gasteiger charge is 2.19. The van der Waals surface area contributed by atoms with Gasteiger partial charge in [-0.05, 0) is 24.6 Å². The molecule has 0 amide bonds. The van der Waals surface area contributed by atoms with Gasteiger partial charge in [0.15, 0.2) is 0 Å². The van der Waals surface area contributed by atoms with Crippen molar-refractivity contribution < 1.29 is 19.4 Å². The van der Waals surface area contributed by atoms with Gasteiger partial charge in [-0.25, -0.2) is 4.79 Å². The Balaban J connectivity index is 3.03. The zero-order chi connectivity index (χ0) is 14.2.